The fraction of sp³-hybridized carbons (Fsp3) is 0.346. The quantitative estimate of drug-likeness (QED) is 0.130. The first-order valence-electron chi connectivity index (χ1n) is 26.2. The van der Waals surface area contributed by atoms with Crippen molar-refractivity contribution in [2.45, 2.75) is 125 Å². The van der Waals surface area contributed by atoms with E-state index in [0.29, 0.717) is 16.4 Å². The van der Waals surface area contributed by atoms with Crippen molar-refractivity contribution in [1.82, 2.24) is 0 Å². The summed E-state index contributed by atoms with van der Waals surface area (Å²) in [5.41, 5.74) is 28.6. The van der Waals surface area contributed by atoms with Gasteiger partial charge in [-0.15, -0.1) is 10.9 Å². The molecule has 7 aromatic carbocycles. The maximum Gasteiger partial charge on any atom is 0.0821 e. The van der Waals surface area contributed by atoms with Gasteiger partial charge in [0.15, 0.2) is 0 Å². The lowest BCUT2D eigenvalue weighted by Crippen LogP contribution is -2.74. The van der Waals surface area contributed by atoms with Crippen molar-refractivity contribution < 1.29 is 0 Å². The lowest BCUT2D eigenvalue weighted by Gasteiger charge is -2.39. The Balaban J connectivity index is 1.98. The zero-order valence-corrected chi connectivity index (χ0v) is 47.7. The number of hydrogen-bond donors (Lipinski definition) is 0. The van der Waals surface area contributed by atoms with E-state index < -0.39 is 51.5 Å². The zero-order chi connectivity index (χ0) is 55.7. The lowest BCUT2D eigenvalue weighted by atomic mass is 8.70. The predicted octanol–water partition coefficient (Wildman–Crippen LogP) is 3.51. The summed E-state index contributed by atoms with van der Waals surface area (Å²) in [7, 11) is 84.9. The molecular weight excluding hydrogens is 862 g/mol. The molecule has 0 aromatic heterocycles. The third-order valence-corrected chi connectivity index (χ3v) is 18.8. The Morgan fingerprint density at radius 3 is 0.905 bits per heavy atom. The highest BCUT2D eigenvalue weighted by Gasteiger charge is 2.39. The Morgan fingerprint density at radius 2 is 0.568 bits per heavy atom. The summed E-state index contributed by atoms with van der Waals surface area (Å²) >= 11 is 0. The maximum atomic E-state index is 7.59. The Labute approximate surface area is 467 Å². The fourth-order valence-corrected chi connectivity index (χ4v) is 13.6. The second-order valence-electron chi connectivity index (χ2n) is 22.2. The van der Waals surface area contributed by atoms with E-state index in [1.165, 1.54) is 123 Å². The molecule has 0 saturated heterocycles. The number of rotatable bonds is 12. The molecule has 7 rings (SSSR count). The van der Waals surface area contributed by atoms with Crippen LogP contribution in [0, 0.1) is 125 Å². The maximum absolute atomic E-state index is 7.59. The monoisotopic (exact) mass is 921 g/mol. The van der Waals surface area contributed by atoms with Crippen LogP contribution >= 0.6 is 0 Å². The minimum atomic E-state index is -1.09. The van der Waals surface area contributed by atoms with Gasteiger partial charge in [-0.05, 0) is 285 Å². The fourth-order valence-electron chi connectivity index (χ4n) is 13.6. The minimum absolute atomic E-state index is 0.547. The molecule has 74 heavy (non-hydrogen) atoms. The average molecular weight is 917 g/mol. The zero-order valence-electron chi connectivity index (χ0n) is 47.7. The van der Waals surface area contributed by atoms with Crippen LogP contribution in [-0.4, -0.2) is 158 Å². The van der Waals surface area contributed by atoms with Gasteiger partial charge in [0, 0.05) is 133 Å². The highest BCUT2D eigenvalue weighted by Crippen LogP contribution is 2.54. The van der Waals surface area contributed by atoms with Gasteiger partial charge in [0.1, 0.15) is 0 Å². The van der Waals surface area contributed by atoms with Crippen LogP contribution in [0.2, 0.25) is 0 Å². The molecule has 0 N–H and O–H groups in total. The molecule has 0 unspecified atom stereocenters. The van der Waals surface area contributed by atoms with E-state index in [4.69, 9.17) is 92.8 Å². The van der Waals surface area contributed by atoms with E-state index in [2.05, 4.69) is 118 Å². The molecule has 0 bridgehead atoms. The molecule has 22 heteroatoms. The molecule has 7 aromatic rings. The average Bonchev–Trinajstić information content (AvgIpc) is 3.34. The Hall–Kier alpha value is -2.99. The summed E-state index contributed by atoms with van der Waals surface area (Å²) in [6, 6.07) is 0. The van der Waals surface area contributed by atoms with Crippen molar-refractivity contribution in [1.29, 1.82) is 0 Å². The van der Waals surface area contributed by atoms with Crippen molar-refractivity contribution in [2.24, 2.45) is 0 Å². The van der Waals surface area contributed by atoms with Gasteiger partial charge in [-0.3, -0.25) is 0 Å². The number of benzene rings is 7. The molecule has 0 atom stereocenters. The first-order valence-corrected chi connectivity index (χ1v) is 26.2. The molecule has 0 aliphatic rings. The van der Waals surface area contributed by atoms with Crippen LogP contribution in [0.5, 0.6) is 0 Å². The minimum Gasteiger partial charge on any atom is -0.112 e. The van der Waals surface area contributed by atoms with E-state index in [1.54, 1.807) is 7.06 Å². The summed E-state index contributed by atoms with van der Waals surface area (Å²) < 4.78 is 0. The number of fused-ring (bicyclic) bond motifs is 4. The standard InChI is InChI=1S/C52H54B22/c1-19-20(2)26(8)38-35(17)39(32(14)31(13)37(38)25(19)7)46-41-27(9)21(3)23(5)29(11)43(41)47(44-30(12)24(6)22(4)28(10)42(44)46)45-34(16)33(15)40-36(18)49(70(73(61)62)74(63)64)52(69(66-54)72(59)60)51(68(56)71(57)58)48(40)50(45)67(55)65-53/h1-18H3. The smallest absolute Gasteiger partial charge is 0.0821 e. The van der Waals surface area contributed by atoms with E-state index >= 15 is 0 Å². The summed E-state index contributed by atoms with van der Waals surface area (Å²) in [6.07, 6.45) is -4.14. The molecule has 0 fully saturated rings. The van der Waals surface area contributed by atoms with Gasteiger partial charge in [0.05, 0.1) is 26.0 Å². The van der Waals surface area contributed by atoms with Crippen LogP contribution in [0.3, 0.4) is 0 Å². The Bertz CT molecular complexity index is 3430. The highest BCUT2D eigenvalue weighted by molar-refractivity contribution is 7.85. The summed E-state index contributed by atoms with van der Waals surface area (Å²) in [4.78, 5) is 0. The normalized spacial score (nSPS) is 11.5. The van der Waals surface area contributed by atoms with Crippen LogP contribution in [0.4, 0.5) is 0 Å². The van der Waals surface area contributed by atoms with Crippen molar-refractivity contribution in [3.8, 4) is 22.3 Å². The molecule has 0 aliphatic heterocycles. The van der Waals surface area contributed by atoms with Gasteiger partial charge in [-0.2, -0.15) is 0 Å². The van der Waals surface area contributed by atoms with Crippen LogP contribution in [0.25, 0.3) is 65.3 Å². The van der Waals surface area contributed by atoms with E-state index in [-0.39, 0.29) is 0 Å². The van der Waals surface area contributed by atoms with Gasteiger partial charge < -0.3 is 0 Å². The second kappa shape index (κ2) is 21.3. The number of hydrogen-bond acceptors (Lipinski definition) is 0. The third-order valence-electron chi connectivity index (χ3n) is 18.8. The van der Waals surface area contributed by atoms with Crippen LogP contribution < -0.4 is 21.9 Å². The lowest BCUT2D eigenvalue weighted by molar-refractivity contribution is 1.22. The summed E-state index contributed by atoms with van der Waals surface area (Å²) in [6.45, 7) is 37.0. The molecular formula is C52H54B22. The van der Waals surface area contributed by atoms with Crippen molar-refractivity contribution in [3.63, 3.8) is 0 Å². The Morgan fingerprint density at radius 1 is 0.243 bits per heavy atom. The topological polar surface area (TPSA) is 0 Å². The molecule has 0 amide bonds. The SMILES string of the molecule is [B][B]B(B([B])[B])c1c(B(B([B])[B])B([B])[B])c(C)c2c(C)c(C)c(-c3c4c(C)c(C)c(C)c(C)c4c(-c4c(C)c(C)c5c(C)c(C)c(C)c(C)c5c4C)c4c(C)c(C)c(C)c(C)c34)c(B([B])[B][B])c2c1B([B])B([B])[B]. The van der Waals surface area contributed by atoms with Crippen molar-refractivity contribution in [3.05, 3.63) is 100 Å². The molecule has 0 saturated carbocycles. The van der Waals surface area contributed by atoms with Gasteiger partial charge in [0.2, 0.25) is 0 Å². The van der Waals surface area contributed by atoms with Crippen LogP contribution in [0.1, 0.15) is 100 Å². The summed E-state index contributed by atoms with van der Waals surface area (Å²) in [5, 5.41) is 8.92. The largest absolute Gasteiger partial charge is 0.112 e. The van der Waals surface area contributed by atoms with E-state index in [1.807, 2.05) is 6.92 Å². The molecule has 0 nitrogen and oxygen atoms in total. The van der Waals surface area contributed by atoms with Gasteiger partial charge in [-0.25, -0.2) is 0 Å². The molecule has 26 radical (unpaired) electrons. The molecule has 0 heterocycles. The third kappa shape index (κ3) is 8.57. The highest BCUT2D eigenvalue weighted by atomic mass is 14.3. The van der Waals surface area contributed by atoms with E-state index in [9.17, 15) is 0 Å². The van der Waals surface area contributed by atoms with Gasteiger partial charge in [0.25, 0.3) is 0 Å². The van der Waals surface area contributed by atoms with Gasteiger partial charge >= 0.3 is 0 Å². The predicted molar refractivity (Wildman–Crippen MR) is 358 cm³/mol. The molecule has 328 valence electrons. The van der Waals surface area contributed by atoms with Gasteiger partial charge in [-0.1, -0.05) is 16.5 Å². The summed E-state index contributed by atoms with van der Waals surface area (Å²) in [5.74, 6) is 0. The molecule has 0 spiro atoms. The first kappa shape index (κ1) is 58.7. The van der Waals surface area contributed by atoms with E-state index in [0.717, 1.165) is 54.8 Å². The first-order chi connectivity index (χ1) is 34.4. The molecule has 0 aliphatic carbocycles. The second-order valence-corrected chi connectivity index (χ2v) is 22.2. The number of aryl methyl sites for hydroxylation is 10. The van der Waals surface area contributed by atoms with Crippen molar-refractivity contribution in [2.75, 3.05) is 0 Å². The van der Waals surface area contributed by atoms with Crippen LogP contribution in [-0.2, 0) is 0 Å². The van der Waals surface area contributed by atoms with Crippen LogP contribution in [0.15, 0.2) is 0 Å². The Kier molecular flexibility index (Phi) is 16.9. The van der Waals surface area contributed by atoms with Crippen molar-refractivity contribution >= 4 is 223 Å².